The fraction of sp³-hybridized carbons (Fsp3) is 0.556. The van der Waals surface area contributed by atoms with E-state index >= 15 is 0 Å². The number of nitrogens with zero attached hydrogens (tertiary/aromatic N) is 1. The molecular weight excluding hydrogens is 328 g/mol. The Balaban J connectivity index is 1.44. The number of aromatic amines is 1. The number of halogens is 2. The molecule has 1 unspecified atom stereocenters. The lowest BCUT2D eigenvalue weighted by atomic mass is 10.1. The molecule has 0 spiro atoms. The Bertz CT molecular complexity index is 760. The molecule has 1 saturated carbocycles. The molecule has 2 aromatic rings. The molecule has 0 bridgehead atoms. The number of benzene rings is 1. The number of ether oxygens (including phenoxy) is 1. The summed E-state index contributed by atoms with van der Waals surface area (Å²) in [6, 6.07) is 6.15. The molecule has 1 aliphatic carbocycles. The Morgan fingerprint density at radius 2 is 2.20 bits per heavy atom. The van der Waals surface area contributed by atoms with Crippen LogP contribution in [0.15, 0.2) is 24.4 Å². The van der Waals surface area contributed by atoms with E-state index < -0.39 is 19.1 Å². The van der Waals surface area contributed by atoms with Gasteiger partial charge >= 0.3 is 0 Å². The van der Waals surface area contributed by atoms with Crippen molar-refractivity contribution in [2.75, 3.05) is 19.8 Å². The number of hydrazine groups is 1. The summed E-state index contributed by atoms with van der Waals surface area (Å²) in [6.45, 7) is 1.05. The molecule has 1 aromatic carbocycles. The Hall–Kier alpha value is -1.70. The molecule has 2 heterocycles. The minimum atomic E-state index is -3.11. The lowest BCUT2D eigenvalue weighted by Gasteiger charge is -2.15. The zero-order valence-electron chi connectivity index (χ0n) is 14.1. The van der Waals surface area contributed by atoms with E-state index in [1.54, 1.807) is 5.01 Å². The second-order valence-electron chi connectivity index (χ2n) is 7.15. The summed E-state index contributed by atoms with van der Waals surface area (Å²) < 4.78 is 32.2. The lowest BCUT2D eigenvalue weighted by Crippen LogP contribution is -2.39. The maximum atomic E-state index is 13.2. The summed E-state index contributed by atoms with van der Waals surface area (Å²) in [6.07, 6.45) is 4.45. The highest BCUT2D eigenvalue weighted by atomic mass is 19.3. The van der Waals surface area contributed by atoms with E-state index in [4.69, 9.17) is 9.84 Å². The first kappa shape index (κ1) is 16.8. The van der Waals surface area contributed by atoms with Gasteiger partial charge in [0.15, 0.2) is 0 Å². The Labute approximate surface area is 144 Å². The number of nitrogens with one attached hydrogen (secondary N) is 2. The third-order valence-electron chi connectivity index (χ3n) is 5.04. The number of H-pyrrole nitrogens is 1. The van der Waals surface area contributed by atoms with E-state index in [1.165, 1.54) is 12.8 Å². The van der Waals surface area contributed by atoms with Crippen molar-refractivity contribution >= 4 is 10.9 Å². The fourth-order valence-corrected chi connectivity index (χ4v) is 3.22. The predicted octanol–water partition coefficient (Wildman–Crippen LogP) is 2.83. The normalized spacial score (nSPS) is 26.2. The molecule has 1 aliphatic heterocycles. The van der Waals surface area contributed by atoms with Gasteiger partial charge < -0.3 is 14.8 Å². The first-order chi connectivity index (χ1) is 12.0. The predicted molar refractivity (Wildman–Crippen MR) is 90.6 cm³/mol. The summed E-state index contributed by atoms with van der Waals surface area (Å²) in [7, 11) is 0. The van der Waals surface area contributed by atoms with Crippen molar-refractivity contribution in [2.45, 2.75) is 37.8 Å². The first-order valence-electron chi connectivity index (χ1n) is 8.73. The third kappa shape index (κ3) is 3.49. The average molecular weight is 351 g/mol. The molecule has 0 radical (unpaired) electrons. The summed E-state index contributed by atoms with van der Waals surface area (Å²) >= 11 is 0. The second kappa shape index (κ2) is 6.23. The van der Waals surface area contributed by atoms with Gasteiger partial charge in [-0.05, 0) is 43.4 Å². The summed E-state index contributed by atoms with van der Waals surface area (Å²) in [5.41, 5.74) is 4.81. The van der Waals surface area contributed by atoms with Crippen LogP contribution >= 0.6 is 0 Å². The second-order valence-corrected chi connectivity index (χ2v) is 7.15. The van der Waals surface area contributed by atoms with Gasteiger partial charge in [0, 0.05) is 29.2 Å². The molecule has 2 aliphatic rings. The van der Waals surface area contributed by atoms with Gasteiger partial charge in [-0.15, -0.1) is 0 Å². The largest absolute Gasteiger partial charge is 0.493 e. The van der Waals surface area contributed by atoms with Crippen LogP contribution < -0.4 is 10.2 Å². The highest BCUT2D eigenvalue weighted by molar-refractivity contribution is 5.85. The first-order valence-corrected chi connectivity index (χ1v) is 8.73. The van der Waals surface area contributed by atoms with Crippen molar-refractivity contribution in [3.63, 3.8) is 0 Å². The monoisotopic (exact) mass is 351 g/mol. The van der Waals surface area contributed by atoms with Gasteiger partial charge in [-0.2, -0.15) is 0 Å². The van der Waals surface area contributed by atoms with Gasteiger partial charge in [0.1, 0.15) is 12.4 Å². The van der Waals surface area contributed by atoms with Crippen molar-refractivity contribution < 1.29 is 18.6 Å². The number of rotatable bonds is 8. The molecule has 2 fully saturated rings. The van der Waals surface area contributed by atoms with Crippen molar-refractivity contribution in [2.24, 2.45) is 5.92 Å². The number of aliphatic hydroxyl groups excluding tert-OH is 1. The molecule has 5 nitrogen and oxygen atoms in total. The summed E-state index contributed by atoms with van der Waals surface area (Å²) in [5.74, 6) is -1.55. The Kier molecular flexibility index (Phi) is 4.17. The highest BCUT2D eigenvalue weighted by Crippen LogP contribution is 2.44. The van der Waals surface area contributed by atoms with Crippen LogP contribution in [0.4, 0.5) is 8.78 Å². The SMILES string of the molecule is C[C@@H]1[C@@H](c2c[nH]c3cc(OCC4CC4)ccc23)N1NCC(F)(F)CO. The van der Waals surface area contributed by atoms with Gasteiger partial charge in [0.25, 0.3) is 5.92 Å². The van der Waals surface area contributed by atoms with E-state index in [9.17, 15) is 8.78 Å². The topological polar surface area (TPSA) is 60.3 Å². The van der Waals surface area contributed by atoms with Crippen LogP contribution in [0.2, 0.25) is 0 Å². The number of fused-ring (bicyclic) bond motifs is 1. The lowest BCUT2D eigenvalue weighted by molar-refractivity contribution is -0.0549. The van der Waals surface area contributed by atoms with Crippen LogP contribution in [0.25, 0.3) is 10.9 Å². The smallest absolute Gasteiger partial charge is 0.284 e. The van der Waals surface area contributed by atoms with Crippen molar-refractivity contribution in [3.8, 4) is 5.75 Å². The standard InChI is InChI=1S/C18H23F2N3O2/c1-11-17(23(11)22-9-18(19,20)10-24)15-7-21-16-6-13(4-5-14(15)16)25-8-12-2-3-12/h4-7,11-12,17,21-22,24H,2-3,8-10H2,1H3/t11-,17+,23?/m1/s1. The Morgan fingerprint density at radius 1 is 1.40 bits per heavy atom. The molecule has 1 saturated heterocycles. The van der Waals surface area contributed by atoms with E-state index in [1.807, 2.05) is 31.3 Å². The van der Waals surface area contributed by atoms with E-state index in [2.05, 4.69) is 10.4 Å². The number of aliphatic hydroxyl groups is 1. The number of aromatic nitrogens is 1. The van der Waals surface area contributed by atoms with Crippen LogP contribution in [0.3, 0.4) is 0 Å². The quantitative estimate of drug-likeness (QED) is 0.640. The molecule has 7 heteroatoms. The minimum absolute atomic E-state index is 0.0430. The molecule has 25 heavy (non-hydrogen) atoms. The highest BCUT2D eigenvalue weighted by Gasteiger charge is 2.47. The molecule has 3 atom stereocenters. The van der Waals surface area contributed by atoms with Crippen molar-refractivity contribution in [1.29, 1.82) is 0 Å². The molecule has 136 valence electrons. The van der Waals surface area contributed by atoms with Crippen LogP contribution in [0, 0.1) is 5.92 Å². The zero-order chi connectivity index (χ0) is 17.6. The Morgan fingerprint density at radius 3 is 2.92 bits per heavy atom. The van der Waals surface area contributed by atoms with Crippen LogP contribution in [0.1, 0.15) is 31.4 Å². The molecular formula is C18H23F2N3O2. The molecule has 1 aromatic heterocycles. The van der Waals surface area contributed by atoms with Crippen LogP contribution in [0.5, 0.6) is 5.75 Å². The van der Waals surface area contributed by atoms with Gasteiger partial charge in [-0.1, -0.05) is 0 Å². The zero-order valence-corrected chi connectivity index (χ0v) is 14.1. The van der Waals surface area contributed by atoms with E-state index in [0.29, 0.717) is 5.92 Å². The van der Waals surface area contributed by atoms with Gasteiger partial charge in [-0.25, -0.2) is 19.2 Å². The maximum Gasteiger partial charge on any atom is 0.284 e. The number of alkyl halides is 2. The van der Waals surface area contributed by atoms with Gasteiger partial charge in [0.2, 0.25) is 0 Å². The fourth-order valence-electron chi connectivity index (χ4n) is 3.22. The summed E-state index contributed by atoms with van der Waals surface area (Å²) in [5, 5.41) is 11.5. The molecule has 3 N–H and O–H groups in total. The van der Waals surface area contributed by atoms with Crippen molar-refractivity contribution in [3.05, 3.63) is 30.0 Å². The number of hydrogen-bond donors (Lipinski definition) is 3. The number of hydrogen-bond acceptors (Lipinski definition) is 4. The van der Waals surface area contributed by atoms with Crippen molar-refractivity contribution in [1.82, 2.24) is 15.4 Å². The van der Waals surface area contributed by atoms with Gasteiger partial charge in [-0.3, -0.25) is 0 Å². The van der Waals surface area contributed by atoms with E-state index in [-0.39, 0.29) is 12.1 Å². The minimum Gasteiger partial charge on any atom is -0.493 e. The summed E-state index contributed by atoms with van der Waals surface area (Å²) in [4.78, 5) is 3.26. The molecule has 4 rings (SSSR count). The maximum absolute atomic E-state index is 13.2. The average Bonchev–Trinajstić information content (AvgIpc) is 3.50. The van der Waals surface area contributed by atoms with Gasteiger partial charge in [0.05, 0.1) is 19.2 Å². The van der Waals surface area contributed by atoms with E-state index in [0.717, 1.165) is 28.8 Å². The van der Waals surface area contributed by atoms with Crippen LogP contribution in [-0.4, -0.2) is 46.8 Å². The van der Waals surface area contributed by atoms with Crippen LogP contribution in [-0.2, 0) is 0 Å². The molecule has 0 amide bonds. The third-order valence-corrected chi connectivity index (χ3v) is 5.04.